The molecule has 1 aliphatic heterocycles. The zero-order chi connectivity index (χ0) is 13.6. The zero-order valence-corrected chi connectivity index (χ0v) is 11.1. The predicted molar refractivity (Wildman–Crippen MR) is 69.4 cm³/mol. The van der Waals surface area contributed by atoms with Gasteiger partial charge >= 0.3 is 5.97 Å². The van der Waals surface area contributed by atoms with E-state index in [1.807, 2.05) is 6.07 Å². The molecule has 0 saturated heterocycles. The Morgan fingerprint density at radius 3 is 2.95 bits per heavy atom. The maximum Gasteiger partial charge on any atom is 0.356 e. The number of hydrogen-bond acceptors (Lipinski definition) is 3. The van der Waals surface area contributed by atoms with Gasteiger partial charge in [0.25, 0.3) is 5.91 Å². The van der Waals surface area contributed by atoms with E-state index in [1.54, 1.807) is 18.2 Å². The second-order valence-corrected chi connectivity index (χ2v) is 4.97. The number of carboxylic acids is 1. The third-order valence-electron chi connectivity index (χ3n) is 2.88. The number of carbonyl (C=O) groups excluding carboxylic acids is 1. The lowest BCUT2D eigenvalue weighted by atomic mass is 10.2. The van der Waals surface area contributed by atoms with E-state index in [-0.39, 0.29) is 23.8 Å². The van der Waals surface area contributed by atoms with Gasteiger partial charge in [0.1, 0.15) is 5.69 Å². The molecule has 2 heterocycles. The molecule has 0 aliphatic carbocycles. The van der Waals surface area contributed by atoms with Crippen molar-refractivity contribution in [1.82, 2.24) is 15.1 Å². The van der Waals surface area contributed by atoms with Crippen molar-refractivity contribution in [2.45, 2.75) is 6.54 Å². The molecule has 2 aromatic rings. The third kappa shape index (κ3) is 1.82. The van der Waals surface area contributed by atoms with Crippen molar-refractivity contribution < 1.29 is 14.7 Å². The van der Waals surface area contributed by atoms with Crippen molar-refractivity contribution in [2.75, 3.05) is 0 Å². The van der Waals surface area contributed by atoms with Gasteiger partial charge in [-0.2, -0.15) is 5.10 Å². The van der Waals surface area contributed by atoms with Gasteiger partial charge in [0.15, 0.2) is 5.69 Å². The van der Waals surface area contributed by atoms with Crippen LogP contribution in [-0.4, -0.2) is 26.8 Å². The Labute approximate surface area is 116 Å². The normalized spacial score (nSPS) is 13.2. The summed E-state index contributed by atoms with van der Waals surface area (Å²) < 4.78 is 2.19. The van der Waals surface area contributed by atoms with Gasteiger partial charge in [0, 0.05) is 16.6 Å². The van der Waals surface area contributed by atoms with E-state index in [2.05, 4.69) is 26.3 Å². The van der Waals surface area contributed by atoms with Crippen LogP contribution in [-0.2, 0) is 6.54 Å². The Morgan fingerprint density at radius 1 is 1.47 bits per heavy atom. The Hall–Kier alpha value is -2.15. The number of amides is 1. The molecular weight excluding hydrogens is 314 g/mol. The minimum absolute atomic E-state index is 0.0895. The number of aromatic nitrogens is 2. The molecule has 96 valence electrons. The molecule has 6 nitrogen and oxygen atoms in total. The summed E-state index contributed by atoms with van der Waals surface area (Å²) in [5.74, 6) is -1.45. The molecule has 2 N–H and O–H groups in total. The van der Waals surface area contributed by atoms with Crippen LogP contribution < -0.4 is 5.32 Å². The van der Waals surface area contributed by atoms with Crippen molar-refractivity contribution in [3.63, 3.8) is 0 Å². The minimum Gasteiger partial charge on any atom is -0.476 e. The number of hydrogen-bond donors (Lipinski definition) is 2. The smallest absolute Gasteiger partial charge is 0.356 e. The fourth-order valence-corrected chi connectivity index (χ4v) is 2.46. The molecule has 0 spiro atoms. The van der Waals surface area contributed by atoms with Gasteiger partial charge in [-0.25, -0.2) is 9.48 Å². The molecule has 1 amide bonds. The van der Waals surface area contributed by atoms with Crippen molar-refractivity contribution in [3.05, 3.63) is 45.7 Å². The first kappa shape index (κ1) is 11.9. The standard InChI is InChI=1S/C12H8BrN3O3/c13-6-2-1-3-7(4-6)16-10-8(5-14-11(10)17)9(15-16)12(18)19/h1-4H,5H2,(H,14,17)(H,18,19). The average Bonchev–Trinajstić information content (AvgIpc) is 2.90. The lowest BCUT2D eigenvalue weighted by Crippen LogP contribution is -2.18. The first-order valence-electron chi connectivity index (χ1n) is 5.47. The fraction of sp³-hybridized carbons (Fsp3) is 0.0833. The molecule has 1 aromatic carbocycles. The molecule has 7 heteroatoms. The fourth-order valence-electron chi connectivity index (χ4n) is 2.07. The maximum atomic E-state index is 11.8. The van der Waals surface area contributed by atoms with Crippen LogP contribution in [0.2, 0.25) is 0 Å². The highest BCUT2D eigenvalue weighted by Gasteiger charge is 2.32. The Kier molecular flexibility index (Phi) is 2.63. The molecule has 1 aromatic heterocycles. The number of nitrogens with one attached hydrogen (secondary N) is 1. The van der Waals surface area contributed by atoms with Gasteiger partial charge in [-0.1, -0.05) is 22.0 Å². The number of nitrogens with zero attached hydrogens (tertiary/aromatic N) is 2. The van der Waals surface area contributed by atoms with Crippen LogP contribution in [0.15, 0.2) is 28.7 Å². The molecule has 19 heavy (non-hydrogen) atoms. The van der Waals surface area contributed by atoms with Crippen LogP contribution in [0.5, 0.6) is 0 Å². The van der Waals surface area contributed by atoms with Gasteiger partial charge in [0.2, 0.25) is 0 Å². The number of halogens is 1. The number of rotatable bonds is 2. The summed E-state index contributed by atoms with van der Waals surface area (Å²) in [4.78, 5) is 23.0. The van der Waals surface area contributed by atoms with Gasteiger partial charge in [-0.15, -0.1) is 0 Å². The number of aromatic carboxylic acids is 1. The third-order valence-corrected chi connectivity index (χ3v) is 3.37. The lowest BCUT2D eigenvalue weighted by Gasteiger charge is -2.04. The summed E-state index contributed by atoms with van der Waals surface area (Å²) in [5, 5.41) is 15.8. The van der Waals surface area contributed by atoms with Crippen molar-refractivity contribution in [1.29, 1.82) is 0 Å². The van der Waals surface area contributed by atoms with Crippen LogP contribution in [0.25, 0.3) is 5.69 Å². The van der Waals surface area contributed by atoms with Gasteiger partial charge in [0.05, 0.1) is 5.69 Å². The van der Waals surface area contributed by atoms with Crippen LogP contribution in [0, 0.1) is 0 Å². The summed E-state index contributed by atoms with van der Waals surface area (Å²) >= 11 is 3.33. The van der Waals surface area contributed by atoms with Crippen molar-refractivity contribution in [2.24, 2.45) is 0 Å². The summed E-state index contributed by atoms with van der Waals surface area (Å²) in [7, 11) is 0. The molecule has 0 radical (unpaired) electrons. The lowest BCUT2D eigenvalue weighted by molar-refractivity contribution is 0.0688. The second kappa shape index (κ2) is 4.20. The van der Waals surface area contributed by atoms with Crippen molar-refractivity contribution in [3.8, 4) is 5.69 Å². The highest BCUT2D eigenvalue weighted by molar-refractivity contribution is 9.10. The van der Waals surface area contributed by atoms with Gasteiger partial charge in [-0.05, 0) is 18.2 Å². The summed E-state index contributed by atoms with van der Waals surface area (Å²) in [6.07, 6.45) is 0. The second-order valence-electron chi connectivity index (χ2n) is 4.06. The van der Waals surface area contributed by atoms with E-state index in [4.69, 9.17) is 5.11 Å². The summed E-state index contributed by atoms with van der Waals surface area (Å²) in [6.45, 7) is 0.198. The Morgan fingerprint density at radius 2 is 2.26 bits per heavy atom. The van der Waals surface area contributed by atoms with Gasteiger partial charge in [-0.3, -0.25) is 4.79 Å². The SMILES string of the molecule is O=C(O)c1nn(-c2cccc(Br)c2)c2c1CNC2=O. The first-order chi connectivity index (χ1) is 9.08. The number of carbonyl (C=O) groups is 2. The zero-order valence-electron chi connectivity index (χ0n) is 9.55. The molecule has 0 fully saturated rings. The van der Waals surface area contributed by atoms with Crippen molar-refractivity contribution >= 4 is 27.8 Å². The minimum atomic E-state index is -1.14. The van der Waals surface area contributed by atoms with Crippen LogP contribution in [0.4, 0.5) is 0 Å². The summed E-state index contributed by atoms with van der Waals surface area (Å²) in [5.41, 5.74) is 1.26. The van der Waals surface area contributed by atoms with E-state index in [1.165, 1.54) is 4.68 Å². The van der Waals surface area contributed by atoms with Crippen LogP contribution in [0.1, 0.15) is 26.5 Å². The van der Waals surface area contributed by atoms with E-state index in [9.17, 15) is 9.59 Å². The van der Waals surface area contributed by atoms with E-state index in [0.717, 1.165) is 4.47 Å². The molecular formula is C12H8BrN3O3. The molecule has 0 bridgehead atoms. The number of carboxylic acid groups (broad SMARTS) is 1. The Balaban J connectivity index is 2.25. The molecule has 0 unspecified atom stereocenters. The number of benzene rings is 1. The van der Waals surface area contributed by atoms with Crippen LogP contribution in [0.3, 0.4) is 0 Å². The molecule has 1 aliphatic rings. The summed E-state index contributed by atoms with van der Waals surface area (Å²) in [6, 6.07) is 7.16. The monoisotopic (exact) mass is 321 g/mol. The molecule has 0 atom stereocenters. The largest absolute Gasteiger partial charge is 0.476 e. The Bertz CT molecular complexity index is 708. The van der Waals surface area contributed by atoms with Crippen LogP contribution >= 0.6 is 15.9 Å². The quantitative estimate of drug-likeness (QED) is 0.879. The highest BCUT2D eigenvalue weighted by atomic mass is 79.9. The number of fused-ring (bicyclic) bond motifs is 1. The predicted octanol–water partition coefficient (Wildman–Crippen LogP) is 1.58. The van der Waals surface area contributed by atoms with Gasteiger partial charge < -0.3 is 10.4 Å². The molecule has 3 rings (SSSR count). The van der Waals surface area contributed by atoms with E-state index >= 15 is 0 Å². The average molecular weight is 322 g/mol. The molecule has 0 saturated carbocycles. The highest BCUT2D eigenvalue weighted by Crippen LogP contribution is 2.24. The van der Waals surface area contributed by atoms with E-state index in [0.29, 0.717) is 11.3 Å². The maximum absolute atomic E-state index is 11.8. The first-order valence-corrected chi connectivity index (χ1v) is 6.26. The van der Waals surface area contributed by atoms with E-state index < -0.39 is 5.97 Å². The topological polar surface area (TPSA) is 84.2 Å².